The van der Waals surface area contributed by atoms with Crippen LogP contribution < -0.4 is 15.6 Å². The molecule has 1 aliphatic rings. The third-order valence-corrected chi connectivity index (χ3v) is 5.96. The zero-order valence-electron chi connectivity index (χ0n) is 17.0. The summed E-state index contributed by atoms with van der Waals surface area (Å²) in [6.07, 6.45) is 4.83. The Bertz CT molecular complexity index is 1140. The number of hydrogen-bond donors (Lipinski definition) is 1. The summed E-state index contributed by atoms with van der Waals surface area (Å²) < 4.78 is 6.58. The Morgan fingerprint density at radius 3 is 2.94 bits per heavy atom. The number of carbonyl (C=O) groups is 2. The zero-order valence-corrected chi connectivity index (χ0v) is 17.8. The topological polar surface area (TPSA) is 93.5 Å². The highest BCUT2D eigenvalue weighted by atomic mass is 32.1. The number of anilines is 1. The van der Waals surface area contributed by atoms with Crippen molar-refractivity contribution >= 4 is 28.3 Å². The molecule has 0 aliphatic carbocycles. The van der Waals surface area contributed by atoms with Gasteiger partial charge in [-0.15, -0.1) is 11.3 Å². The fourth-order valence-electron chi connectivity index (χ4n) is 3.78. The van der Waals surface area contributed by atoms with Crippen molar-refractivity contribution < 1.29 is 14.3 Å². The lowest BCUT2D eigenvalue weighted by molar-refractivity contribution is -0.132. The predicted molar refractivity (Wildman–Crippen MR) is 117 cm³/mol. The molecule has 1 saturated heterocycles. The molecule has 0 radical (unpaired) electrons. The van der Waals surface area contributed by atoms with E-state index in [2.05, 4.69) is 10.3 Å². The van der Waals surface area contributed by atoms with Crippen LogP contribution in [-0.4, -0.2) is 39.9 Å². The summed E-state index contributed by atoms with van der Waals surface area (Å²) >= 11 is 1.26. The fraction of sp³-hybridized carbons (Fsp3) is 0.273. The molecule has 0 spiro atoms. The molecule has 0 unspecified atom stereocenters. The van der Waals surface area contributed by atoms with Crippen LogP contribution in [0.1, 0.15) is 34.8 Å². The number of ether oxygens (including phenoxy) is 1. The third-order valence-electron chi connectivity index (χ3n) is 5.27. The van der Waals surface area contributed by atoms with Gasteiger partial charge in [-0.25, -0.2) is 4.98 Å². The van der Waals surface area contributed by atoms with E-state index in [1.54, 1.807) is 29.7 Å². The Morgan fingerprint density at radius 2 is 2.16 bits per heavy atom. The molecule has 0 saturated carbocycles. The van der Waals surface area contributed by atoms with Crippen LogP contribution in [0.5, 0.6) is 5.75 Å². The van der Waals surface area contributed by atoms with Crippen LogP contribution in [0.3, 0.4) is 0 Å². The van der Waals surface area contributed by atoms with Crippen LogP contribution in [0.15, 0.2) is 59.0 Å². The molecular weight excluding hydrogens is 416 g/mol. The average Bonchev–Trinajstić information content (AvgIpc) is 3.47. The van der Waals surface area contributed by atoms with Gasteiger partial charge in [0.15, 0.2) is 5.13 Å². The molecule has 9 heteroatoms. The highest BCUT2D eigenvalue weighted by Crippen LogP contribution is 2.33. The maximum atomic E-state index is 13.1. The average molecular weight is 439 g/mol. The second kappa shape index (κ2) is 9.13. The van der Waals surface area contributed by atoms with Crippen LogP contribution in [0, 0.1) is 0 Å². The predicted octanol–water partition coefficient (Wildman–Crippen LogP) is 2.93. The Labute approximate surface area is 183 Å². The molecule has 2 aromatic heterocycles. The van der Waals surface area contributed by atoms with Crippen molar-refractivity contribution in [3.63, 3.8) is 0 Å². The van der Waals surface area contributed by atoms with Gasteiger partial charge in [-0.05, 0) is 42.7 Å². The number of nitrogens with one attached hydrogen (secondary N) is 1. The number of thiazole rings is 1. The van der Waals surface area contributed by atoms with E-state index < -0.39 is 11.5 Å². The Kier molecular flexibility index (Phi) is 6.13. The summed E-state index contributed by atoms with van der Waals surface area (Å²) in [6, 6.07) is 10.7. The number of hydrogen-bond acceptors (Lipinski definition) is 6. The number of carbonyl (C=O) groups excluding carboxylic acids is 2. The van der Waals surface area contributed by atoms with Crippen molar-refractivity contribution in [2.75, 3.05) is 19.0 Å². The standard InChI is InChI=1S/C22H22N4O4S/c1-30-16-6-2-5-15(13-16)18-8-4-11-26(18)19(27)14-25-10-3-7-17(21(25)29)20(28)24-22-23-9-12-31-22/h2-3,5-7,9-10,12-13,18H,4,8,11,14H2,1H3,(H,23,24,28)/t18-/m1/s1. The normalized spacial score (nSPS) is 15.6. The summed E-state index contributed by atoms with van der Waals surface area (Å²) in [5.74, 6) is 0.0362. The second-order valence-corrected chi connectivity index (χ2v) is 8.06. The van der Waals surface area contributed by atoms with Crippen molar-refractivity contribution in [1.29, 1.82) is 0 Å². The smallest absolute Gasteiger partial charge is 0.263 e. The van der Waals surface area contributed by atoms with Gasteiger partial charge in [0.2, 0.25) is 5.91 Å². The third kappa shape index (κ3) is 4.51. The number of methoxy groups -OCH3 is 1. The van der Waals surface area contributed by atoms with Crippen LogP contribution in [0.25, 0.3) is 0 Å². The quantitative estimate of drug-likeness (QED) is 0.639. The minimum atomic E-state index is -0.544. The minimum absolute atomic E-state index is 0.0312. The van der Waals surface area contributed by atoms with Gasteiger partial charge in [-0.2, -0.15) is 0 Å². The van der Waals surface area contributed by atoms with E-state index in [0.717, 1.165) is 24.2 Å². The van der Waals surface area contributed by atoms with Gasteiger partial charge < -0.3 is 14.2 Å². The number of amides is 2. The maximum Gasteiger partial charge on any atom is 0.263 e. The summed E-state index contributed by atoms with van der Waals surface area (Å²) in [5, 5.41) is 4.74. The molecule has 1 atom stereocenters. The van der Waals surface area contributed by atoms with Crippen molar-refractivity contribution in [2.24, 2.45) is 0 Å². The second-order valence-electron chi connectivity index (χ2n) is 7.17. The van der Waals surface area contributed by atoms with Gasteiger partial charge in [0.05, 0.1) is 13.2 Å². The highest BCUT2D eigenvalue weighted by Gasteiger charge is 2.30. The van der Waals surface area contributed by atoms with Gasteiger partial charge in [-0.1, -0.05) is 12.1 Å². The Balaban J connectivity index is 1.51. The zero-order chi connectivity index (χ0) is 21.8. The van der Waals surface area contributed by atoms with E-state index in [0.29, 0.717) is 11.7 Å². The lowest BCUT2D eigenvalue weighted by atomic mass is 10.0. The largest absolute Gasteiger partial charge is 0.497 e. The Hall–Kier alpha value is -3.46. The first kappa shape index (κ1) is 20.8. The fourth-order valence-corrected chi connectivity index (χ4v) is 4.30. The first-order valence-electron chi connectivity index (χ1n) is 9.90. The summed E-state index contributed by atoms with van der Waals surface area (Å²) in [6.45, 7) is 0.497. The van der Waals surface area contributed by atoms with E-state index in [9.17, 15) is 14.4 Å². The molecule has 160 valence electrons. The van der Waals surface area contributed by atoms with Crippen molar-refractivity contribution in [3.8, 4) is 5.75 Å². The van der Waals surface area contributed by atoms with E-state index >= 15 is 0 Å². The van der Waals surface area contributed by atoms with Gasteiger partial charge in [0, 0.05) is 24.3 Å². The number of rotatable bonds is 6. The Morgan fingerprint density at radius 1 is 1.29 bits per heavy atom. The van der Waals surface area contributed by atoms with Gasteiger partial charge in [-0.3, -0.25) is 19.7 Å². The first-order chi connectivity index (χ1) is 15.1. The van der Waals surface area contributed by atoms with Crippen molar-refractivity contribution in [1.82, 2.24) is 14.5 Å². The molecule has 3 aromatic rings. The molecule has 2 amide bonds. The van der Waals surface area contributed by atoms with Crippen molar-refractivity contribution in [2.45, 2.75) is 25.4 Å². The summed E-state index contributed by atoms with van der Waals surface area (Å²) in [5.41, 5.74) is 0.465. The van der Waals surface area contributed by atoms with E-state index in [-0.39, 0.29) is 24.1 Å². The van der Waals surface area contributed by atoms with Crippen LogP contribution in [0.2, 0.25) is 0 Å². The highest BCUT2D eigenvalue weighted by molar-refractivity contribution is 7.13. The van der Waals surface area contributed by atoms with E-state index in [4.69, 9.17) is 4.74 Å². The SMILES string of the molecule is COc1cccc([C@H]2CCCN2C(=O)Cn2cccc(C(=O)Nc3nccs3)c2=O)c1. The summed E-state index contributed by atoms with van der Waals surface area (Å²) in [7, 11) is 1.61. The molecule has 31 heavy (non-hydrogen) atoms. The molecule has 4 rings (SSSR count). The van der Waals surface area contributed by atoms with Crippen LogP contribution in [-0.2, 0) is 11.3 Å². The van der Waals surface area contributed by atoms with Gasteiger partial charge in [0.1, 0.15) is 17.9 Å². The van der Waals surface area contributed by atoms with Gasteiger partial charge in [0.25, 0.3) is 11.5 Å². The number of nitrogens with zero attached hydrogens (tertiary/aromatic N) is 3. The van der Waals surface area contributed by atoms with Crippen LogP contribution >= 0.6 is 11.3 Å². The van der Waals surface area contributed by atoms with Crippen LogP contribution in [0.4, 0.5) is 5.13 Å². The molecule has 3 heterocycles. The molecular formula is C22H22N4O4S. The van der Waals surface area contributed by atoms with Crippen molar-refractivity contribution in [3.05, 3.63) is 75.7 Å². The maximum absolute atomic E-state index is 13.1. The lowest BCUT2D eigenvalue weighted by Crippen LogP contribution is -2.37. The number of benzene rings is 1. The molecule has 1 aliphatic heterocycles. The van der Waals surface area contributed by atoms with Gasteiger partial charge >= 0.3 is 0 Å². The minimum Gasteiger partial charge on any atom is -0.497 e. The first-order valence-corrected chi connectivity index (χ1v) is 10.8. The molecule has 1 N–H and O–H groups in total. The van der Waals surface area contributed by atoms with E-state index in [1.165, 1.54) is 28.2 Å². The molecule has 8 nitrogen and oxygen atoms in total. The monoisotopic (exact) mass is 438 g/mol. The lowest BCUT2D eigenvalue weighted by Gasteiger charge is -2.26. The number of likely N-dealkylation sites (tertiary alicyclic amines) is 1. The number of pyridine rings is 1. The van der Waals surface area contributed by atoms with E-state index in [1.807, 2.05) is 24.3 Å². The molecule has 1 fully saturated rings. The summed E-state index contributed by atoms with van der Waals surface area (Å²) in [4.78, 5) is 44.1. The molecule has 0 bridgehead atoms. The molecule has 1 aromatic carbocycles. The number of aromatic nitrogens is 2.